The van der Waals surface area contributed by atoms with E-state index in [4.69, 9.17) is 10.5 Å². The molecule has 0 fully saturated rings. The highest BCUT2D eigenvalue weighted by Gasteiger charge is 2.35. The van der Waals surface area contributed by atoms with Crippen LogP contribution in [0.15, 0.2) is 54.6 Å². The van der Waals surface area contributed by atoms with Crippen LogP contribution < -0.4 is 10.5 Å². The molecule has 0 aromatic heterocycles. The standard InChI is InChI=1S/C15H13NO2/c16-13-14(17)11-8-4-5-9-12(11)18-15(13)10-6-2-1-3-7-10/h1-9,13,15H,16H2/t13-,15?/m1/s1. The third kappa shape index (κ3) is 1.69. The summed E-state index contributed by atoms with van der Waals surface area (Å²) in [6.45, 7) is 0. The van der Waals surface area contributed by atoms with Crippen LogP contribution in [-0.4, -0.2) is 11.8 Å². The van der Waals surface area contributed by atoms with Gasteiger partial charge in [-0.1, -0.05) is 42.5 Å². The molecule has 1 heterocycles. The Bertz CT molecular complexity index is 580. The summed E-state index contributed by atoms with van der Waals surface area (Å²) in [6.07, 6.45) is -0.409. The molecule has 0 amide bonds. The molecule has 3 nitrogen and oxygen atoms in total. The zero-order valence-corrected chi connectivity index (χ0v) is 9.74. The molecule has 0 saturated carbocycles. The molecule has 2 N–H and O–H groups in total. The SMILES string of the molecule is N[C@@H]1C(=O)c2ccccc2OC1c1ccccc1. The first kappa shape index (κ1) is 11.0. The van der Waals surface area contributed by atoms with Crippen LogP contribution >= 0.6 is 0 Å². The Balaban J connectivity index is 2.04. The highest BCUT2D eigenvalue weighted by Crippen LogP contribution is 2.33. The third-order valence-electron chi connectivity index (χ3n) is 3.16. The minimum atomic E-state index is -0.651. The fraction of sp³-hybridized carbons (Fsp3) is 0.133. The van der Waals surface area contributed by atoms with E-state index >= 15 is 0 Å². The van der Waals surface area contributed by atoms with Crippen molar-refractivity contribution in [3.8, 4) is 5.75 Å². The Morgan fingerprint density at radius 3 is 2.39 bits per heavy atom. The summed E-state index contributed by atoms with van der Waals surface area (Å²) < 4.78 is 5.85. The number of Topliss-reactive ketones (excluding diaryl/α,β-unsaturated/α-hetero) is 1. The molecule has 2 atom stereocenters. The zero-order valence-electron chi connectivity index (χ0n) is 9.74. The van der Waals surface area contributed by atoms with Crippen molar-refractivity contribution in [3.05, 3.63) is 65.7 Å². The summed E-state index contributed by atoms with van der Waals surface area (Å²) in [5, 5.41) is 0. The van der Waals surface area contributed by atoms with Crippen molar-refractivity contribution in [2.75, 3.05) is 0 Å². The van der Waals surface area contributed by atoms with Gasteiger partial charge in [0.2, 0.25) is 0 Å². The van der Waals surface area contributed by atoms with Gasteiger partial charge < -0.3 is 10.5 Å². The molecule has 18 heavy (non-hydrogen) atoms. The van der Waals surface area contributed by atoms with Crippen LogP contribution in [0, 0.1) is 0 Å². The number of fused-ring (bicyclic) bond motifs is 1. The van der Waals surface area contributed by atoms with E-state index in [-0.39, 0.29) is 5.78 Å². The fourth-order valence-corrected chi connectivity index (χ4v) is 2.22. The van der Waals surface area contributed by atoms with Gasteiger partial charge in [0.05, 0.1) is 5.56 Å². The minimum absolute atomic E-state index is 0.0642. The van der Waals surface area contributed by atoms with Crippen LogP contribution in [0.2, 0.25) is 0 Å². The summed E-state index contributed by atoms with van der Waals surface area (Å²) in [5.74, 6) is 0.545. The monoisotopic (exact) mass is 239 g/mol. The maximum Gasteiger partial charge on any atom is 0.187 e. The van der Waals surface area contributed by atoms with E-state index in [0.29, 0.717) is 11.3 Å². The van der Waals surface area contributed by atoms with Crippen LogP contribution in [0.4, 0.5) is 0 Å². The van der Waals surface area contributed by atoms with E-state index in [1.165, 1.54) is 0 Å². The van der Waals surface area contributed by atoms with Crippen LogP contribution in [0.5, 0.6) is 5.75 Å². The van der Waals surface area contributed by atoms with Gasteiger partial charge in [0.15, 0.2) is 5.78 Å². The molecule has 0 aliphatic carbocycles. The Hall–Kier alpha value is -2.13. The molecular formula is C15H13NO2. The molecule has 3 rings (SSSR count). The van der Waals surface area contributed by atoms with E-state index in [1.807, 2.05) is 42.5 Å². The van der Waals surface area contributed by atoms with E-state index < -0.39 is 12.1 Å². The average molecular weight is 239 g/mol. The number of ketones is 1. The Morgan fingerprint density at radius 2 is 1.61 bits per heavy atom. The number of rotatable bonds is 1. The number of hydrogen-bond acceptors (Lipinski definition) is 3. The normalized spacial score (nSPS) is 22.2. The topological polar surface area (TPSA) is 52.3 Å². The second-order valence-corrected chi connectivity index (χ2v) is 4.34. The van der Waals surface area contributed by atoms with Crippen molar-refractivity contribution in [1.82, 2.24) is 0 Å². The van der Waals surface area contributed by atoms with Crippen LogP contribution in [-0.2, 0) is 0 Å². The Labute approximate surface area is 105 Å². The van der Waals surface area contributed by atoms with Crippen LogP contribution in [0.25, 0.3) is 0 Å². The lowest BCUT2D eigenvalue weighted by molar-refractivity contribution is 0.0789. The molecule has 0 bridgehead atoms. The summed E-state index contributed by atoms with van der Waals surface area (Å²) in [4.78, 5) is 12.2. The average Bonchev–Trinajstić information content (AvgIpc) is 2.44. The second-order valence-electron chi connectivity index (χ2n) is 4.34. The maximum absolute atomic E-state index is 12.2. The van der Waals surface area contributed by atoms with Gasteiger partial charge in [-0.05, 0) is 17.7 Å². The fourth-order valence-electron chi connectivity index (χ4n) is 2.22. The van der Waals surface area contributed by atoms with Crippen molar-refractivity contribution in [2.45, 2.75) is 12.1 Å². The van der Waals surface area contributed by atoms with Crippen molar-refractivity contribution in [3.63, 3.8) is 0 Å². The summed E-state index contributed by atoms with van der Waals surface area (Å²) in [7, 11) is 0. The van der Waals surface area contributed by atoms with Gasteiger partial charge in [0.1, 0.15) is 17.9 Å². The van der Waals surface area contributed by atoms with Gasteiger partial charge in [-0.2, -0.15) is 0 Å². The molecule has 90 valence electrons. The predicted molar refractivity (Wildman–Crippen MR) is 68.6 cm³/mol. The molecule has 0 spiro atoms. The molecule has 3 heteroatoms. The smallest absolute Gasteiger partial charge is 0.187 e. The van der Waals surface area contributed by atoms with Crippen LogP contribution in [0.1, 0.15) is 22.0 Å². The number of hydrogen-bond donors (Lipinski definition) is 1. The Kier molecular flexibility index (Phi) is 2.61. The van der Waals surface area contributed by atoms with Gasteiger partial charge in [-0.3, -0.25) is 4.79 Å². The zero-order chi connectivity index (χ0) is 12.5. The number of ether oxygens (including phenoxy) is 1. The van der Waals surface area contributed by atoms with Gasteiger partial charge >= 0.3 is 0 Å². The van der Waals surface area contributed by atoms with Gasteiger partial charge in [0, 0.05) is 0 Å². The van der Waals surface area contributed by atoms with Gasteiger partial charge in [-0.25, -0.2) is 0 Å². The van der Waals surface area contributed by atoms with Crippen molar-refractivity contribution in [2.24, 2.45) is 5.73 Å². The highest BCUT2D eigenvalue weighted by atomic mass is 16.5. The minimum Gasteiger partial charge on any atom is -0.483 e. The van der Waals surface area contributed by atoms with Crippen LogP contribution in [0.3, 0.4) is 0 Å². The number of nitrogens with two attached hydrogens (primary N) is 1. The molecular weight excluding hydrogens is 226 g/mol. The quantitative estimate of drug-likeness (QED) is 0.831. The Morgan fingerprint density at radius 1 is 0.944 bits per heavy atom. The van der Waals surface area contributed by atoms with E-state index in [9.17, 15) is 4.79 Å². The van der Waals surface area contributed by atoms with E-state index in [2.05, 4.69) is 0 Å². The van der Waals surface area contributed by atoms with Crippen molar-refractivity contribution < 1.29 is 9.53 Å². The molecule has 1 unspecified atom stereocenters. The molecule has 2 aromatic rings. The van der Waals surface area contributed by atoms with Crippen molar-refractivity contribution >= 4 is 5.78 Å². The lowest BCUT2D eigenvalue weighted by Crippen LogP contribution is -2.42. The highest BCUT2D eigenvalue weighted by molar-refractivity contribution is 6.03. The molecule has 0 saturated heterocycles. The lowest BCUT2D eigenvalue weighted by Gasteiger charge is -2.30. The summed E-state index contributed by atoms with van der Waals surface area (Å²) in [5.41, 5.74) is 7.49. The first-order valence-corrected chi connectivity index (χ1v) is 5.88. The molecule has 0 radical (unpaired) electrons. The maximum atomic E-state index is 12.2. The first-order valence-electron chi connectivity index (χ1n) is 5.88. The van der Waals surface area contributed by atoms with E-state index in [1.54, 1.807) is 12.1 Å². The number of benzene rings is 2. The van der Waals surface area contributed by atoms with Gasteiger partial charge in [0.25, 0.3) is 0 Å². The van der Waals surface area contributed by atoms with Crippen molar-refractivity contribution in [1.29, 1.82) is 0 Å². The van der Waals surface area contributed by atoms with Gasteiger partial charge in [-0.15, -0.1) is 0 Å². The first-order chi connectivity index (χ1) is 8.77. The summed E-state index contributed by atoms with van der Waals surface area (Å²) in [6, 6.07) is 16.2. The largest absolute Gasteiger partial charge is 0.483 e. The molecule has 1 aliphatic rings. The number of carbonyl (C=O) groups is 1. The summed E-state index contributed by atoms with van der Waals surface area (Å²) >= 11 is 0. The van der Waals surface area contributed by atoms with E-state index in [0.717, 1.165) is 5.56 Å². The number of carbonyl (C=O) groups excluding carboxylic acids is 1. The number of para-hydroxylation sites is 1. The molecule has 1 aliphatic heterocycles. The molecule has 2 aromatic carbocycles. The predicted octanol–water partition coefficient (Wildman–Crippen LogP) is 2.33. The third-order valence-corrected chi connectivity index (χ3v) is 3.16. The second kappa shape index (κ2) is 4.27. The lowest BCUT2D eigenvalue weighted by atomic mass is 9.92.